The van der Waals surface area contributed by atoms with E-state index < -0.39 is 5.41 Å². The van der Waals surface area contributed by atoms with Crippen LogP contribution in [0.5, 0.6) is 0 Å². The first-order valence-electron chi connectivity index (χ1n) is 28.7. The van der Waals surface area contributed by atoms with Gasteiger partial charge in [0, 0.05) is 33.6 Å². The predicted molar refractivity (Wildman–Crippen MR) is 326 cm³/mol. The molecular formula is C75H62N4. The minimum atomic E-state index is -0.644. The molecule has 0 aromatic heterocycles. The molecule has 0 radical (unpaired) electrons. The van der Waals surface area contributed by atoms with E-state index >= 15 is 0 Å². The molecule has 0 spiro atoms. The maximum Gasteiger partial charge on any atom is 0.187 e. The molecule has 4 atom stereocenters. The summed E-state index contributed by atoms with van der Waals surface area (Å²) in [6, 6.07) is 79.9. The summed E-state index contributed by atoms with van der Waals surface area (Å²) in [6.45, 7) is 17.7. The van der Waals surface area contributed by atoms with Crippen molar-refractivity contribution in [3.63, 3.8) is 0 Å². The summed E-state index contributed by atoms with van der Waals surface area (Å²) < 4.78 is 0. The second-order valence-corrected chi connectivity index (χ2v) is 24.3. The van der Waals surface area contributed by atoms with Crippen molar-refractivity contribution in [3.05, 3.63) is 257 Å². The molecule has 382 valence electrons. The maximum atomic E-state index is 9.70. The van der Waals surface area contributed by atoms with E-state index in [1.165, 1.54) is 125 Å². The highest BCUT2D eigenvalue weighted by molar-refractivity contribution is 6.20. The van der Waals surface area contributed by atoms with Crippen LogP contribution in [0, 0.1) is 17.9 Å². The molecule has 10 aromatic carbocycles. The topological polar surface area (TPSA) is 34.6 Å². The van der Waals surface area contributed by atoms with Crippen molar-refractivity contribution < 1.29 is 0 Å². The molecule has 4 heteroatoms. The molecule has 2 heterocycles. The van der Waals surface area contributed by atoms with Crippen LogP contribution >= 0.6 is 0 Å². The third-order valence-electron chi connectivity index (χ3n) is 20.9. The Bertz CT molecular complexity index is 4200. The van der Waals surface area contributed by atoms with Gasteiger partial charge in [0.05, 0.1) is 34.7 Å². The normalized spacial score (nSPS) is 23.0. The number of rotatable bonds is 6. The molecule has 2 aliphatic heterocycles. The van der Waals surface area contributed by atoms with E-state index in [0.29, 0.717) is 11.3 Å². The van der Waals surface area contributed by atoms with E-state index in [1.54, 1.807) is 0 Å². The van der Waals surface area contributed by atoms with Crippen LogP contribution in [0.1, 0.15) is 118 Å². The van der Waals surface area contributed by atoms with Gasteiger partial charge in [0.2, 0.25) is 0 Å². The number of nitriles is 1. The van der Waals surface area contributed by atoms with Gasteiger partial charge in [0.25, 0.3) is 0 Å². The molecule has 2 fully saturated rings. The van der Waals surface area contributed by atoms with Crippen molar-refractivity contribution in [2.75, 3.05) is 9.80 Å². The molecule has 4 nitrogen and oxygen atoms in total. The van der Waals surface area contributed by atoms with Gasteiger partial charge >= 0.3 is 0 Å². The van der Waals surface area contributed by atoms with E-state index in [1.807, 2.05) is 24.3 Å². The van der Waals surface area contributed by atoms with Gasteiger partial charge in [-0.2, -0.15) is 5.26 Å². The fraction of sp³-hybridized carbons (Fsp3) is 0.227. The van der Waals surface area contributed by atoms with Gasteiger partial charge in [-0.05, 0) is 201 Å². The van der Waals surface area contributed by atoms with Crippen molar-refractivity contribution in [2.45, 2.75) is 106 Å². The van der Waals surface area contributed by atoms with Gasteiger partial charge < -0.3 is 9.80 Å². The van der Waals surface area contributed by atoms with Crippen molar-refractivity contribution in [2.24, 2.45) is 0 Å². The van der Waals surface area contributed by atoms with Gasteiger partial charge in [-0.3, -0.25) is 0 Å². The highest BCUT2D eigenvalue weighted by atomic mass is 15.3. The Kier molecular flexibility index (Phi) is 10.3. The van der Waals surface area contributed by atoms with Crippen molar-refractivity contribution in [3.8, 4) is 39.4 Å². The van der Waals surface area contributed by atoms with Crippen molar-refractivity contribution in [1.29, 1.82) is 5.26 Å². The summed E-state index contributed by atoms with van der Waals surface area (Å²) in [5.41, 5.74) is 20.8. The van der Waals surface area contributed by atoms with E-state index in [2.05, 4.69) is 230 Å². The van der Waals surface area contributed by atoms with Gasteiger partial charge in [0.1, 0.15) is 0 Å². The molecule has 15 rings (SSSR count). The van der Waals surface area contributed by atoms with Crippen LogP contribution in [0.4, 0.5) is 28.4 Å². The van der Waals surface area contributed by atoms with Gasteiger partial charge in [-0.1, -0.05) is 173 Å². The molecule has 10 aromatic rings. The monoisotopic (exact) mass is 1020 g/mol. The zero-order chi connectivity index (χ0) is 53.5. The number of nitrogens with zero attached hydrogens (tertiary/aromatic N) is 4. The van der Waals surface area contributed by atoms with Gasteiger partial charge in [0.15, 0.2) is 5.69 Å². The lowest BCUT2D eigenvalue weighted by molar-refractivity contribution is 0.195. The summed E-state index contributed by atoms with van der Waals surface area (Å²) in [4.78, 5) is 8.94. The highest BCUT2D eigenvalue weighted by Gasteiger charge is 2.59. The summed E-state index contributed by atoms with van der Waals surface area (Å²) in [5, 5.41) is 14.8. The van der Waals surface area contributed by atoms with E-state index in [-0.39, 0.29) is 21.9 Å². The smallest absolute Gasteiger partial charge is 0.187 e. The van der Waals surface area contributed by atoms with Crippen LogP contribution in [0.25, 0.3) is 59.8 Å². The third kappa shape index (κ3) is 6.35. The van der Waals surface area contributed by atoms with E-state index in [0.717, 1.165) is 37.1 Å². The molecule has 79 heavy (non-hydrogen) atoms. The fourth-order valence-electron chi connectivity index (χ4n) is 16.6. The molecule has 5 aliphatic rings. The van der Waals surface area contributed by atoms with Crippen LogP contribution in [-0.2, 0) is 16.2 Å². The highest BCUT2D eigenvalue weighted by Crippen LogP contribution is 2.65. The average molecular weight is 1020 g/mol. The molecule has 0 N–H and O–H groups in total. The lowest BCUT2D eigenvalue weighted by atomic mass is 9.61. The zero-order valence-corrected chi connectivity index (χ0v) is 45.6. The second-order valence-electron chi connectivity index (χ2n) is 24.3. The Balaban J connectivity index is 0.930. The fourth-order valence-corrected chi connectivity index (χ4v) is 16.6. The Morgan fingerprint density at radius 3 is 1.46 bits per heavy atom. The standard InChI is InChI=1S/C75H62N4/c1-71-40-14-16-42-73(71,3)78(57-32-24-49(48-76)25-33-57)67-38-28-52(46-65(67)71)50-26-36-61-63(44-50)59-22-12-13-23-60(59)69-62-37-27-51(45-64(62)75(70(61)69,54-18-8-6-9-19-54)55-20-10-7-11-21-55)53-29-39-68-66(47-53)72(2)41-15-17-43-74(72,4)79(68)58-34-30-56(77-5)31-35-58/h6-13,18-39,44-47H,14-17,40-43H2,1-4H3. The van der Waals surface area contributed by atoms with Crippen molar-refractivity contribution >= 4 is 50.0 Å². The maximum absolute atomic E-state index is 9.70. The SMILES string of the molecule is [C-]#[N+]c1ccc(N2c3ccc(-c4ccc5c(c4)C(c4ccccc4)(c4ccccc4)c4c-5c5ccccc5c5cc(-c6ccc7c(c6)C6(C)CCCCC6(C)N7c6ccc(C#N)cc6)ccc45)cc3C3(C)CCCCC23C)cc1. The first kappa shape index (κ1) is 47.5. The quantitative estimate of drug-likeness (QED) is 0.123. The number of benzene rings is 10. The summed E-state index contributed by atoms with van der Waals surface area (Å²) in [5.74, 6) is 0. The number of fused-ring (bicyclic) bond motifs is 14. The molecule has 0 saturated heterocycles. The summed E-state index contributed by atoms with van der Waals surface area (Å²) in [6.07, 6.45) is 9.32. The van der Waals surface area contributed by atoms with Crippen LogP contribution in [0.15, 0.2) is 206 Å². The minimum Gasteiger partial charge on any atom is -0.335 e. The first-order chi connectivity index (χ1) is 38.5. The van der Waals surface area contributed by atoms with Crippen molar-refractivity contribution in [1.82, 2.24) is 0 Å². The number of anilines is 4. The first-order valence-corrected chi connectivity index (χ1v) is 28.7. The molecule has 3 aliphatic carbocycles. The van der Waals surface area contributed by atoms with Crippen LogP contribution in [0.3, 0.4) is 0 Å². The minimum absolute atomic E-state index is 0.0496. The molecule has 0 bridgehead atoms. The van der Waals surface area contributed by atoms with Gasteiger partial charge in [-0.15, -0.1) is 0 Å². The molecular weight excluding hydrogens is 957 g/mol. The van der Waals surface area contributed by atoms with Crippen LogP contribution < -0.4 is 9.80 Å². The average Bonchev–Trinajstić information content (AvgIpc) is 2.29. The lowest BCUT2D eigenvalue weighted by Gasteiger charge is -2.50. The predicted octanol–water partition coefficient (Wildman–Crippen LogP) is 19.6. The summed E-state index contributed by atoms with van der Waals surface area (Å²) in [7, 11) is 0. The Morgan fingerprint density at radius 1 is 0.443 bits per heavy atom. The zero-order valence-electron chi connectivity index (χ0n) is 45.6. The van der Waals surface area contributed by atoms with Crippen LogP contribution in [-0.4, -0.2) is 11.1 Å². The Hall–Kier alpha value is -8.70. The van der Waals surface area contributed by atoms with Crippen LogP contribution in [0.2, 0.25) is 0 Å². The largest absolute Gasteiger partial charge is 0.335 e. The van der Waals surface area contributed by atoms with Gasteiger partial charge in [-0.25, -0.2) is 4.85 Å². The summed E-state index contributed by atoms with van der Waals surface area (Å²) >= 11 is 0. The third-order valence-corrected chi connectivity index (χ3v) is 20.9. The Labute approximate surface area is 465 Å². The van der Waals surface area contributed by atoms with E-state index in [4.69, 9.17) is 6.57 Å². The number of hydrogen-bond acceptors (Lipinski definition) is 3. The van der Waals surface area contributed by atoms with E-state index in [9.17, 15) is 5.26 Å². The number of hydrogen-bond donors (Lipinski definition) is 0. The molecule has 0 amide bonds. The molecule has 2 saturated carbocycles. The second kappa shape index (κ2) is 17.1. The lowest BCUT2D eigenvalue weighted by Crippen LogP contribution is -2.54. The molecule has 4 unspecified atom stereocenters. The Morgan fingerprint density at radius 2 is 0.911 bits per heavy atom.